The maximum atomic E-state index is 12.4. The topological polar surface area (TPSA) is 152 Å². The van der Waals surface area contributed by atoms with E-state index in [0.717, 1.165) is 33.2 Å². The van der Waals surface area contributed by atoms with Crippen molar-refractivity contribution in [2.75, 3.05) is 28.1 Å². The molecule has 0 atom stereocenters. The van der Waals surface area contributed by atoms with Gasteiger partial charge in [0.15, 0.2) is 5.96 Å². The van der Waals surface area contributed by atoms with Crippen LogP contribution in [-0.2, 0) is 17.1 Å². The molecule has 0 radical (unpaired) electrons. The summed E-state index contributed by atoms with van der Waals surface area (Å²) in [4.78, 5) is 3.86. The average molecular weight is 493 g/mol. The number of aryl methyl sites for hydroxylation is 1. The van der Waals surface area contributed by atoms with Gasteiger partial charge in [-0.2, -0.15) is 4.57 Å². The third-order valence-electron chi connectivity index (χ3n) is 5.73. The molecule has 35 heavy (non-hydrogen) atoms. The number of fused-ring (bicyclic) bond motifs is 2. The van der Waals surface area contributed by atoms with E-state index < -0.39 is 10.0 Å². The highest BCUT2D eigenvalue weighted by molar-refractivity contribution is 7.92. The molecule has 0 amide bonds. The van der Waals surface area contributed by atoms with E-state index in [9.17, 15) is 8.42 Å². The van der Waals surface area contributed by atoms with E-state index in [0.29, 0.717) is 30.8 Å². The highest BCUT2D eigenvalue weighted by atomic mass is 32.2. The summed E-state index contributed by atoms with van der Waals surface area (Å²) in [6, 6.07) is 21.2. The maximum absolute atomic E-state index is 12.4. The molecule has 0 aliphatic rings. The van der Waals surface area contributed by atoms with E-state index in [4.69, 9.17) is 17.2 Å². The van der Waals surface area contributed by atoms with Gasteiger partial charge < -0.3 is 22.5 Å². The number of hydrogen-bond donors (Lipinski definition) is 5. The Balaban J connectivity index is 1.53. The average Bonchev–Trinajstić information content (AvgIpc) is 2.82. The summed E-state index contributed by atoms with van der Waals surface area (Å²) in [6.07, 6.45) is 1.05. The van der Waals surface area contributed by atoms with Crippen LogP contribution in [0.15, 0.2) is 71.7 Å². The molecule has 0 saturated heterocycles. The minimum Gasteiger partial charge on any atom is -0.399 e. The van der Waals surface area contributed by atoms with Gasteiger partial charge in [0, 0.05) is 35.7 Å². The number of anilines is 4. The van der Waals surface area contributed by atoms with Gasteiger partial charge in [0.05, 0.1) is 22.2 Å². The molecule has 0 fully saturated rings. The van der Waals surface area contributed by atoms with E-state index in [2.05, 4.69) is 31.7 Å². The van der Waals surface area contributed by atoms with E-state index in [1.54, 1.807) is 12.1 Å². The number of unbranched alkanes of at least 4 members (excludes halogenated alkanes) is 1. The molecule has 1 heterocycles. The zero-order chi connectivity index (χ0) is 25.0. The maximum Gasteiger partial charge on any atom is 0.232 e. The zero-order valence-corrected chi connectivity index (χ0v) is 20.3. The van der Waals surface area contributed by atoms with Gasteiger partial charge in [-0.05, 0) is 55.3 Å². The number of sulfonamides is 1. The normalized spacial score (nSPS) is 11.5. The van der Waals surface area contributed by atoms with E-state index in [1.165, 1.54) is 0 Å². The quantitative estimate of drug-likeness (QED) is 0.0605. The second-order valence-corrected chi connectivity index (χ2v) is 10.2. The van der Waals surface area contributed by atoms with Crippen LogP contribution in [0.4, 0.5) is 22.7 Å². The number of nitrogens with one attached hydrogen (secondary N) is 2. The van der Waals surface area contributed by atoms with Crippen LogP contribution < -0.4 is 31.8 Å². The standard InChI is InChI=1S/C25H29N7O2S/c1-32-22-7-3-2-6-20(22)24(21-13-8-17(26)16-23(21)32)30-18-9-11-19(12-10-18)31-35(33,34)15-5-4-14-29-25(27)28/h2-3,6-13,16,31H,4-5,14-15H2,1H3,(H6,26,27,28,29,30)/p+1. The number of nitrogens with zero attached hydrogens (tertiary/aromatic N) is 2. The lowest BCUT2D eigenvalue weighted by molar-refractivity contribution is -0.617. The number of guanidine groups is 1. The summed E-state index contributed by atoms with van der Waals surface area (Å²) in [5, 5.41) is 5.62. The zero-order valence-electron chi connectivity index (χ0n) is 19.5. The summed E-state index contributed by atoms with van der Waals surface area (Å²) in [6.45, 7) is 0.408. The molecule has 0 aliphatic heterocycles. The molecule has 10 heteroatoms. The van der Waals surface area contributed by atoms with Gasteiger partial charge in [-0.3, -0.25) is 9.71 Å². The Bertz CT molecular complexity index is 1500. The van der Waals surface area contributed by atoms with Crippen molar-refractivity contribution in [2.45, 2.75) is 12.8 Å². The van der Waals surface area contributed by atoms with E-state index >= 15 is 0 Å². The third kappa shape index (κ3) is 5.72. The fraction of sp³-hybridized carbons (Fsp3) is 0.200. The van der Waals surface area contributed by atoms with Crippen LogP contribution in [0, 0.1) is 0 Å². The van der Waals surface area contributed by atoms with E-state index in [-0.39, 0.29) is 11.7 Å². The van der Waals surface area contributed by atoms with Crippen LogP contribution in [-0.4, -0.2) is 26.7 Å². The van der Waals surface area contributed by atoms with Crippen LogP contribution in [0.25, 0.3) is 21.8 Å². The number of para-hydroxylation sites is 1. The first-order chi connectivity index (χ1) is 16.7. The molecule has 0 unspecified atom stereocenters. The molecule has 0 bridgehead atoms. The van der Waals surface area contributed by atoms with Gasteiger partial charge >= 0.3 is 0 Å². The summed E-state index contributed by atoms with van der Waals surface area (Å²) >= 11 is 0. The highest BCUT2D eigenvalue weighted by Gasteiger charge is 2.18. The number of nitrogen functional groups attached to an aromatic ring is 1. The Hall–Kier alpha value is -4.05. The first-order valence-electron chi connectivity index (χ1n) is 11.3. The van der Waals surface area contributed by atoms with Crippen molar-refractivity contribution < 1.29 is 13.0 Å². The number of benzene rings is 3. The second-order valence-electron chi connectivity index (χ2n) is 8.36. The first kappa shape index (κ1) is 24.1. The highest BCUT2D eigenvalue weighted by Crippen LogP contribution is 2.33. The van der Waals surface area contributed by atoms with Crippen molar-refractivity contribution in [1.29, 1.82) is 0 Å². The van der Waals surface area contributed by atoms with Crippen molar-refractivity contribution in [1.82, 2.24) is 0 Å². The van der Waals surface area contributed by atoms with Gasteiger partial charge in [0.1, 0.15) is 7.05 Å². The molecule has 0 aliphatic carbocycles. The molecule has 0 saturated carbocycles. The molecule has 8 N–H and O–H groups in total. The Morgan fingerprint density at radius 2 is 1.60 bits per heavy atom. The molecule has 182 valence electrons. The van der Waals surface area contributed by atoms with Crippen LogP contribution in [0.5, 0.6) is 0 Å². The fourth-order valence-electron chi connectivity index (χ4n) is 4.03. The van der Waals surface area contributed by atoms with Crippen molar-refractivity contribution in [2.24, 2.45) is 23.5 Å². The minimum absolute atomic E-state index is 0.00482. The number of hydrogen-bond acceptors (Lipinski definition) is 5. The number of pyridine rings is 1. The number of nitrogens with two attached hydrogens (primary N) is 3. The van der Waals surface area contributed by atoms with Crippen molar-refractivity contribution in [3.63, 3.8) is 0 Å². The van der Waals surface area contributed by atoms with Gasteiger partial charge in [0.25, 0.3) is 0 Å². The van der Waals surface area contributed by atoms with Crippen LogP contribution in [0.3, 0.4) is 0 Å². The molecular formula is C25H30N7O2S+. The van der Waals surface area contributed by atoms with Gasteiger partial charge in [-0.1, -0.05) is 12.1 Å². The van der Waals surface area contributed by atoms with Gasteiger partial charge in [-0.15, -0.1) is 0 Å². The summed E-state index contributed by atoms with van der Waals surface area (Å²) < 4.78 is 29.6. The molecule has 9 nitrogen and oxygen atoms in total. The number of rotatable bonds is 9. The van der Waals surface area contributed by atoms with Gasteiger partial charge in [-0.25, -0.2) is 8.42 Å². The smallest absolute Gasteiger partial charge is 0.232 e. The minimum atomic E-state index is -3.47. The lowest BCUT2D eigenvalue weighted by Gasteiger charge is -2.14. The Kier molecular flexibility index (Phi) is 6.92. The predicted molar refractivity (Wildman–Crippen MR) is 144 cm³/mol. The Labute approximate surface area is 204 Å². The number of aromatic nitrogens is 1. The third-order valence-corrected chi connectivity index (χ3v) is 7.10. The number of aliphatic imine (C=N–C) groups is 1. The van der Waals surface area contributed by atoms with Crippen molar-refractivity contribution in [3.05, 3.63) is 66.7 Å². The van der Waals surface area contributed by atoms with Crippen LogP contribution in [0.2, 0.25) is 0 Å². The van der Waals surface area contributed by atoms with Gasteiger partial charge in [0.2, 0.25) is 21.1 Å². The first-order valence-corrected chi connectivity index (χ1v) is 12.9. The summed E-state index contributed by atoms with van der Waals surface area (Å²) in [7, 11) is -1.45. The SMILES string of the molecule is C[n+]1c2ccccc2c(Nc2ccc(NS(=O)(=O)CCCCN=C(N)N)cc2)c2ccc(N)cc21. The fourth-order valence-corrected chi connectivity index (χ4v) is 5.21. The molecule has 1 aromatic heterocycles. The molecule has 4 aromatic rings. The molecule has 0 spiro atoms. The monoisotopic (exact) mass is 492 g/mol. The molecule has 3 aromatic carbocycles. The largest absolute Gasteiger partial charge is 0.399 e. The molecule has 4 rings (SSSR count). The lowest BCUT2D eigenvalue weighted by atomic mass is 10.1. The van der Waals surface area contributed by atoms with Crippen LogP contribution in [0.1, 0.15) is 12.8 Å². The van der Waals surface area contributed by atoms with E-state index in [1.807, 2.05) is 49.5 Å². The Morgan fingerprint density at radius 1 is 0.914 bits per heavy atom. The summed E-state index contributed by atoms with van der Waals surface area (Å²) in [5.74, 6) is 0.00370. The lowest BCUT2D eigenvalue weighted by Crippen LogP contribution is -2.30. The van der Waals surface area contributed by atoms with Crippen molar-refractivity contribution in [3.8, 4) is 0 Å². The second kappa shape index (κ2) is 10.1. The summed E-state index contributed by atoms with van der Waals surface area (Å²) in [5.41, 5.74) is 21.7. The Morgan fingerprint density at radius 3 is 2.34 bits per heavy atom. The van der Waals surface area contributed by atoms with Crippen molar-refractivity contribution >= 4 is 60.5 Å². The predicted octanol–water partition coefficient (Wildman–Crippen LogP) is 2.94. The van der Waals surface area contributed by atoms with Crippen LogP contribution >= 0.6 is 0 Å². The molecular weight excluding hydrogens is 462 g/mol.